The molecule has 1 aliphatic heterocycles. The number of aromatic amines is 1. The summed E-state index contributed by atoms with van der Waals surface area (Å²) < 4.78 is 1.88. The standard InChI is InChI=1S/C14H15N7O/c22-14(10-1-2-12-13(9-10)17-18-16-12)20-6-3-11(4-7-20)21-8-5-15-19-21/h1-2,5,8-9,11H,3-4,6-7H2,(H,16,17,18). The van der Waals surface area contributed by atoms with E-state index in [0.717, 1.165) is 31.4 Å². The maximum Gasteiger partial charge on any atom is 0.253 e. The molecule has 0 aliphatic carbocycles. The number of carbonyl (C=O) groups excluding carboxylic acids is 1. The van der Waals surface area contributed by atoms with E-state index >= 15 is 0 Å². The minimum absolute atomic E-state index is 0.0435. The number of carbonyl (C=O) groups is 1. The van der Waals surface area contributed by atoms with E-state index in [0.29, 0.717) is 17.1 Å². The molecular weight excluding hydrogens is 282 g/mol. The van der Waals surface area contributed by atoms with Crippen LogP contribution in [-0.2, 0) is 0 Å². The summed E-state index contributed by atoms with van der Waals surface area (Å²) in [4.78, 5) is 14.5. The molecule has 0 bridgehead atoms. The maximum atomic E-state index is 12.6. The minimum atomic E-state index is 0.0435. The Morgan fingerprint density at radius 2 is 2.00 bits per heavy atom. The van der Waals surface area contributed by atoms with Gasteiger partial charge in [-0.15, -0.1) is 5.10 Å². The summed E-state index contributed by atoms with van der Waals surface area (Å²) in [6.07, 6.45) is 5.34. The summed E-state index contributed by atoms with van der Waals surface area (Å²) in [5.41, 5.74) is 2.13. The molecule has 3 heterocycles. The normalized spacial score (nSPS) is 16.3. The first-order valence-electron chi connectivity index (χ1n) is 7.27. The zero-order valence-electron chi connectivity index (χ0n) is 11.9. The number of benzene rings is 1. The zero-order valence-corrected chi connectivity index (χ0v) is 11.9. The van der Waals surface area contributed by atoms with E-state index in [1.807, 2.05) is 21.8 Å². The number of likely N-dealkylation sites (tertiary alicyclic amines) is 1. The van der Waals surface area contributed by atoms with Gasteiger partial charge in [0.25, 0.3) is 5.91 Å². The van der Waals surface area contributed by atoms with Crippen LogP contribution >= 0.6 is 0 Å². The number of hydrogen-bond donors (Lipinski definition) is 1. The molecule has 8 heteroatoms. The van der Waals surface area contributed by atoms with Gasteiger partial charge < -0.3 is 4.90 Å². The van der Waals surface area contributed by atoms with E-state index in [2.05, 4.69) is 25.7 Å². The van der Waals surface area contributed by atoms with E-state index in [1.165, 1.54) is 0 Å². The first kappa shape index (κ1) is 12.9. The Kier molecular flexibility index (Phi) is 3.06. The Labute approximate surface area is 126 Å². The molecule has 8 nitrogen and oxygen atoms in total. The van der Waals surface area contributed by atoms with Crippen LogP contribution in [0, 0.1) is 0 Å². The highest BCUT2D eigenvalue weighted by molar-refractivity contribution is 5.97. The van der Waals surface area contributed by atoms with Crippen LogP contribution in [0.25, 0.3) is 11.0 Å². The van der Waals surface area contributed by atoms with E-state index in [4.69, 9.17) is 0 Å². The van der Waals surface area contributed by atoms with E-state index in [-0.39, 0.29) is 5.91 Å². The molecule has 112 valence electrons. The van der Waals surface area contributed by atoms with Crippen LogP contribution in [0.2, 0.25) is 0 Å². The smallest absolute Gasteiger partial charge is 0.253 e. The fourth-order valence-corrected chi connectivity index (χ4v) is 2.90. The predicted molar refractivity (Wildman–Crippen MR) is 78.1 cm³/mol. The summed E-state index contributed by atoms with van der Waals surface area (Å²) in [6, 6.07) is 5.72. The molecule has 0 unspecified atom stereocenters. The van der Waals surface area contributed by atoms with Crippen LogP contribution in [0.4, 0.5) is 0 Å². The van der Waals surface area contributed by atoms with Crippen LogP contribution in [0.1, 0.15) is 29.2 Å². The van der Waals surface area contributed by atoms with Gasteiger partial charge in [0.05, 0.1) is 12.2 Å². The molecule has 1 fully saturated rings. The van der Waals surface area contributed by atoms with Crippen LogP contribution in [-0.4, -0.2) is 54.3 Å². The molecule has 4 rings (SSSR count). The van der Waals surface area contributed by atoms with Gasteiger partial charge in [-0.3, -0.25) is 4.79 Å². The molecule has 0 atom stereocenters. The lowest BCUT2D eigenvalue weighted by Gasteiger charge is -2.31. The molecule has 22 heavy (non-hydrogen) atoms. The largest absolute Gasteiger partial charge is 0.338 e. The molecule has 3 aromatic rings. The summed E-state index contributed by atoms with van der Waals surface area (Å²) in [6.45, 7) is 1.44. The second-order valence-electron chi connectivity index (χ2n) is 5.43. The number of fused-ring (bicyclic) bond motifs is 1. The first-order valence-corrected chi connectivity index (χ1v) is 7.27. The third-order valence-electron chi connectivity index (χ3n) is 4.13. The highest BCUT2D eigenvalue weighted by atomic mass is 16.2. The monoisotopic (exact) mass is 297 g/mol. The molecule has 0 saturated carbocycles. The van der Waals surface area contributed by atoms with Gasteiger partial charge in [-0.25, -0.2) is 4.68 Å². The number of nitrogens with zero attached hydrogens (tertiary/aromatic N) is 6. The van der Waals surface area contributed by atoms with Crippen molar-refractivity contribution in [2.24, 2.45) is 0 Å². The van der Waals surface area contributed by atoms with Gasteiger partial charge in [-0.1, -0.05) is 5.21 Å². The second kappa shape index (κ2) is 5.21. The van der Waals surface area contributed by atoms with E-state index in [1.54, 1.807) is 18.3 Å². The molecule has 1 amide bonds. The average molecular weight is 297 g/mol. The lowest BCUT2D eigenvalue weighted by Crippen LogP contribution is -2.39. The van der Waals surface area contributed by atoms with Crippen molar-refractivity contribution in [3.05, 3.63) is 36.2 Å². The Morgan fingerprint density at radius 1 is 1.18 bits per heavy atom. The van der Waals surface area contributed by atoms with Gasteiger partial charge >= 0.3 is 0 Å². The first-order chi connectivity index (χ1) is 10.8. The second-order valence-corrected chi connectivity index (χ2v) is 5.43. The molecule has 1 aliphatic rings. The van der Waals surface area contributed by atoms with Crippen molar-refractivity contribution in [3.63, 3.8) is 0 Å². The summed E-state index contributed by atoms with van der Waals surface area (Å²) in [5.74, 6) is 0.0435. The Morgan fingerprint density at radius 3 is 2.77 bits per heavy atom. The molecule has 1 saturated heterocycles. The van der Waals surface area contributed by atoms with Crippen molar-refractivity contribution in [2.45, 2.75) is 18.9 Å². The summed E-state index contributed by atoms with van der Waals surface area (Å²) in [7, 11) is 0. The average Bonchev–Trinajstić information content (AvgIpc) is 3.25. The maximum absolute atomic E-state index is 12.6. The SMILES string of the molecule is O=C(c1ccc2n[nH]nc2c1)N1CCC(n2ccnn2)CC1. The highest BCUT2D eigenvalue weighted by Crippen LogP contribution is 2.23. The Balaban J connectivity index is 1.47. The molecule has 0 radical (unpaired) electrons. The van der Waals surface area contributed by atoms with Crippen molar-refractivity contribution < 1.29 is 4.79 Å². The van der Waals surface area contributed by atoms with Gasteiger partial charge in [0.2, 0.25) is 0 Å². The third kappa shape index (κ3) is 2.22. The zero-order chi connectivity index (χ0) is 14.9. The van der Waals surface area contributed by atoms with Crippen molar-refractivity contribution in [3.8, 4) is 0 Å². The number of nitrogens with one attached hydrogen (secondary N) is 1. The molecule has 2 aromatic heterocycles. The molecule has 1 aromatic carbocycles. The van der Waals surface area contributed by atoms with E-state index in [9.17, 15) is 4.79 Å². The van der Waals surface area contributed by atoms with Crippen molar-refractivity contribution >= 4 is 16.9 Å². The molecular formula is C14H15N7O. The topological polar surface area (TPSA) is 92.6 Å². The van der Waals surface area contributed by atoms with Crippen LogP contribution in [0.3, 0.4) is 0 Å². The Hall–Kier alpha value is -2.77. The molecule has 0 spiro atoms. The quantitative estimate of drug-likeness (QED) is 0.762. The fraction of sp³-hybridized carbons (Fsp3) is 0.357. The number of hydrogen-bond acceptors (Lipinski definition) is 5. The fourth-order valence-electron chi connectivity index (χ4n) is 2.90. The van der Waals surface area contributed by atoms with Crippen molar-refractivity contribution in [1.29, 1.82) is 0 Å². The molecule has 1 N–H and O–H groups in total. The Bertz CT molecular complexity index is 786. The van der Waals surface area contributed by atoms with Gasteiger partial charge in [0, 0.05) is 24.8 Å². The van der Waals surface area contributed by atoms with E-state index < -0.39 is 0 Å². The predicted octanol–water partition coefficient (Wildman–Crippen LogP) is 1.03. The van der Waals surface area contributed by atoms with Crippen LogP contribution < -0.4 is 0 Å². The summed E-state index contributed by atoms with van der Waals surface area (Å²) >= 11 is 0. The van der Waals surface area contributed by atoms with Gasteiger partial charge in [0.15, 0.2) is 0 Å². The number of piperidine rings is 1. The van der Waals surface area contributed by atoms with Crippen molar-refractivity contribution in [1.82, 2.24) is 35.3 Å². The number of H-pyrrole nitrogens is 1. The lowest BCUT2D eigenvalue weighted by molar-refractivity contribution is 0.0689. The number of aromatic nitrogens is 6. The lowest BCUT2D eigenvalue weighted by atomic mass is 10.0. The van der Waals surface area contributed by atoms with Crippen molar-refractivity contribution in [2.75, 3.05) is 13.1 Å². The third-order valence-corrected chi connectivity index (χ3v) is 4.13. The van der Waals surface area contributed by atoms with Gasteiger partial charge in [0.1, 0.15) is 11.0 Å². The number of rotatable bonds is 2. The minimum Gasteiger partial charge on any atom is -0.338 e. The highest BCUT2D eigenvalue weighted by Gasteiger charge is 2.25. The van der Waals surface area contributed by atoms with Crippen LogP contribution in [0.5, 0.6) is 0 Å². The van der Waals surface area contributed by atoms with Gasteiger partial charge in [-0.05, 0) is 31.0 Å². The van der Waals surface area contributed by atoms with Crippen LogP contribution in [0.15, 0.2) is 30.6 Å². The summed E-state index contributed by atoms with van der Waals surface area (Å²) in [5, 5.41) is 18.5. The van der Waals surface area contributed by atoms with Gasteiger partial charge in [-0.2, -0.15) is 15.4 Å². The number of amides is 1.